The molecular weight excluding hydrogens is 176 g/mol. The van der Waals surface area contributed by atoms with Crippen LogP contribution in [-0.2, 0) is 4.74 Å². The summed E-state index contributed by atoms with van der Waals surface area (Å²) in [5.74, 6) is 0. The van der Waals surface area contributed by atoms with Crippen LogP contribution in [0.2, 0.25) is 0 Å². The van der Waals surface area contributed by atoms with Gasteiger partial charge in [-0.15, -0.1) is 0 Å². The van der Waals surface area contributed by atoms with Gasteiger partial charge >= 0.3 is 0 Å². The van der Waals surface area contributed by atoms with Crippen LogP contribution in [0, 0.1) is 0 Å². The predicted octanol–water partition coefficient (Wildman–Crippen LogP) is 1.47. The second kappa shape index (κ2) is 8.21. The average Bonchev–Trinajstić information content (AvgIpc) is 2.16. The lowest BCUT2D eigenvalue weighted by molar-refractivity contribution is 0.127. The summed E-state index contributed by atoms with van der Waals surface area (Å²) in [6, 6.07) is 0.924. The molecule has 3 nitrogen and oxygen atoms in total. The first-order valence-corrected chi connectivity index (χ1v) is 5.60. The minimum atomic E-state index is 0.346. The van der Waals surface area contributed by atoms with Gasteiger partial charge in [-0.25, -0.2) is 0 Å². The van der Waals surface area contributed by atoms with Gasteiger partial charge in [0.15, 0.2) is 0 Å². The Balaban J connectivity index is 3.73. The molecule has 86 valence electrons. The number of hydrogen-bond donors (Lipinski definition) is 1. The van der Waals surface area contributed by atoms with Gasteiger partial charge in [0, 0.05) is 25.7 Å². The van der Waals surface area contributed by atoms with Crippen LogP contribution in [0.4, 0.5) is 0 Å². The van der Waals surface area contributed by atoms with E-state index in [-0.39, 0.29) is 0 Å². The van der Waals surface area contributed by atoms with Crippen LogP contribution in [0.3, 0.4) is 0 Å². The van der Waals surface area contributed by atoms with Gasteiger partial charge in [0.1, 0.15) is 0 Å². The lowest BCUT2D eigenvalue weighted by Crippen LogP contribution is -2.37. The van der Waals surface area contributed by atoms with Crippen molar-refractivity contribution in [2.24, 2.45) is 5.73 Å². The molecule has 0 aliphatic carbocycles. The average molecular weight is 202 g/mol. The van der Waals surface area contributed by atoms with E-state index in [2.05, 4.69) is 25.7 Å². The van der Waals surface area contributed by atoms with Gasteiger partial charge in [-0.1, -0.05) is 6.92 Å². The molecule has 0 radical (unpaired) electrons. The van der Waals surface area contributed by atoms with Crippen LogP contribution in [0.25, 0.3) is 0 Å². The smallest absolute Gasteiger partial charge is 0.0589 e. The first-order chi connectivity index (χ1) is 6.61. The summed E-state index contributed by atoms with van der Waals surface area (Å²) in [6.07, 6.45) is 2.15. The maximum Gasteiger partial charge on any atom is 0.0589 e. The fraction of sp³-hybridized carbons (Fsp3) is 1.00. The van der Waals surface area contributed by atoms with E-state index in [1.54, 1.807) is 7.11 Å². The Hall–Kier alpha value is -0.120. The Morgan fingerprint density at radius 1 is 1.29 bits per heavy atom. The molecule has 0 aromatic carbocycles. The van der Waals surface area contributed by atoms with Crippen molar-refractivity contribution < 1.29 is 4.74 Å². The van der Waals surface area contributed by atoms with Crippen molar-refractivity contribution in [3.05, 3.63) is 0 Å². The van der Waals surface area contributed by atoms with Gasteiger partial charge in [-0.2, -0.15) is 0 Å². The number of nitrogens with two attached hydrogens (primary N) is 1. The Morgan fingerprint density at radius 3 is 2.36 bits per heavy atom. The second-order valence-corrected chi connectivity index (χ2v) is 4.08. The summed E-state index contributed by atoms with van der Waals surface area (Å²) < 4.78 is 5.08. The van der Waals surface area contributed by atoms with Crippen LogP contribution in [-0.4, -0.2) is 43.8 Å². The molecule has 0 rings (SSSR count). The van der Waals surface area contributed by atoms with Gasteiger partial charge in [0.05, 0.1) is 6.61 Å². The molecule has 0 heterocycles. The summed E-state index contributed by atoms with van der Waals surface area (Å²) in [5.41, 5.74) is 5.89. The van der Waals surface area contributed by atoms with Gasteiger partial charge in [0.2, 0.25) is 0 Å². The molecule has 0 amide bonds. The Kier molecular flexibility index (Phi) is 8.14. The topological polar surface area (TPSA) is 38.5 Å². The summed E-state index contributed by atoms with van der Waals surface area (Å²) in [7, 11) is 1.75. The highest BCUT2D eigenvalue weighted by atomic mass is 16.5. The van der Waals surface area contributed by atoms with Crippen molar-refractivity contribution in [2.75, 3.05) is 26.8 Å². The van der Waals surface area contributed by atoms with Gasteiger partial charge in [-0.3, -0.25) is 4.90 Å². The van der Waals surface area contributed by atoms with Crippen molar-refractivity contribution in [1.29, 1.82) is 0 Å². The minimum Gasteiger partial charge on any atom is -0.383 e. The van der Waals surface area contributed by atoms with E-state index in [0.29, 0.717) is 12.1 Å². The molecule has 0 aliphatic heterocycles. The fourth-order valence-electron chi connectivity index (χ4n) is 1.37. The van der Waals surface area contributed by atoms with Crippen molar-refractivity contribution in [1.82, 2.24) is 4.90 Å². The molecular formula is C11H26N2O. The van der Waals surface area contributed by atoms with E-state index < -0.39 is 0 Å². The van der Waals surface area contributed by atoms with E-state index in [4.69, 9.17) is 10.5 Å². The normalized spacial score (nSPS) is 13.9. The van der Waals surface area contributed by atoms with Crippen LogP contribution < -0.4 is 5.73 Å². The second-order valence-electron chi connectivity index (χ2n) is 4.08. The summed E-state index contributed by atoms with van der Waals surface area (Å²) in [5, 5.41) is 0. The van der Waals surface area contributed by atoms with E-state index in [9.17, 15) is 0 Å². The van der Waals surface area contributed by atoms with Crippen LogP contribution >= 0.6 is 0 Å². The number of ether oxygens (including phenoxy) is 1. The standard InChI is InChI=1S/C11H26N2O/c1-5-11(12)6-7-13(10(2)3)8-9-14-4/h10-11H,5-9,12H2,1-4H3. The van der Waals surface area contributed by atoms with E-state index in [1.807, 2.05) is 0 Å². The number of nitrogens with zero attached hydrogens (tertiary/aromatic N) is 1. The molecule has 3 heteroatoms. The SMILES string of the molecule is CCC(N)CCN(CCOC)C(C)C. The predicted molar refractivity (Wildman–Crippen MR) is 61.5 cm³/mol. The third-order valence-electron chi connectivity index (χ3n) is 2.62. The maximum absolute atomic E-state index is 5.89. The maximum atomic E-state index is 5.89. The Bertz CT molecular complexity index is 128. The van der Waals surface area contributed by atoms with Gasteiger partial charge in [0.25, 0.3) is 0 Å². The quantitative estimate of drug-likeness (QED) is 0.648. The van der Waals surface area contributed by atoms with Crippen molar-refractivity contribution >= 4 is 0 Å². The van der Waals surface area contributed by atoms with E-state index in [0.717, 1.165) is 32.5 Å². The fourth-order valence-corrected chi connectivity index (χ4v) is 1.37. The molecule has 0 saturated heterocycles. The molecule has 0 bridgehead atoms. The first-order valence-electron chi connectivity index (χ1n) is 5.60. The third kappa shape index (κ3) is 6.35. The molecule has 1 atom stereocenters. The highest BCUT2D eigenvalue weighted by Gasteiger charge is 2.10. The Labute approximate surface area is 88.6 Å². The lowest BCUT2D eigenvalue weighted by atomic mass is 10.1. The Morgan fingerprint density at radius 2 is 1.93 bits per heavy atom. The summed E-state index contributed by atoms with van der Waals surface area (Å²) >= 11 is 0. The van der Waals surface area contributed by atoms with E-state index in [1.165, 1.54) is 0 Å². The lowest BCUT2D eigenvalue weighted by Gasteiger charge is -2.27. The summed E-state index contributed by atoms with van der Waals surface area (Å²) in [6.45, 7) is 9.46. The van der Waals surface area contributed by atoms with Crippen molar-refractivity contribution in [3.63, 3.8) is 0 Å². The first kappa shape index (κ1) is 13.9. The van der Waals surface area contributed by atoms with Crippen LogP contribution in [0.1, 0.15) is 33.6 Å². The van der Waals surface area contributed by atoms with Crippen molar-refractivity contribution in [2.45, 2.75) is 45.7 Å². The van der Waals surface area contributed by atoms with E-state index >= 15 is 0 Å². The monoisotopic (exact) mass is 202 g/mol. The third-order valence-corrected chi connectivity index (χ3v) is 2.62. The molecule has 2 N–H and O–H groups in total. The van der Waals surface area contributed by atoms with Gasteiger partial charge in [-0.05, 0) is 33.2 Å². The molecule has 0 aromatic heterocycles. The summed E-state index contributed by atoms with van der Waals surface area (Å²) in [4.78, 5) is 2.42. The number of methoxy groups -OCH3 is 1. The number of hydrogen-bond acceptors (Lipinski definition) is 3. The molecule has 0 aliphatic rings. The molecule has 14 heavy (non-hydrogen) atoms. The number of rotatable bonds is 8. The highest BCUT2D eigenvalue weighted by Crippen LogP contribution is 2.02. The van der Waals surface area contributed by atoms with Crippen molar-refractivity contribution in [3.8, 4) is 0 Å². The molecule has 0 spiro atoms. The van der Waals surface area contributed by atoms with Gasteiger partial charge < -0.3 is 10.5 Å². The zero-order chi connectivity index (χ0) is 11.0. The molecule has 0 saturated carbocycles. The largest absolute Gasteiger partial charge is 0.383 e. The zero-order valence-corrected chi connectivity index (χ0v) is 10.1. The molecule has 0 fully saturated rings. The van der Waals surface area contributed by atoms with Crippen LogP contribution in [0.15, 0.2) is 0 Å². The minimum absolute atomic E-state index is 0.346. The molecule has 0 aromatic rings. The van der Waals surface area contributed by atoms with Crippen LogP contribution in [0.5, 0.6) is 0 Å². The zero-order valence-electron chi connectivity index (χ0n) is 10.1. The highest BCUT2D eigenvalue weighted by molar-refractivity contribution is 4.67. The molecule has 1 unspecified atom stereocenters.